The van der Waals surface area contributed by atoms with Crippen molar-refractivity contribution in [3.05, 3.63) is 30.0 Å². The fourth-order valence-electron chi connectivity index (χ4n) is 3.10. The van der Waals surface area contributed by atoms with Gasteiger partial charge in [0, 0.05) is 23.5 Å². The molecule has 0 aliphatic carbocycles. The van der Waals surface area contributed by atoms with Crippen LogP contribution in [0.4, 0.5) is 95.6 Å². The van der Waals surface area contributed by atoms with Crippen LogP contribution in [0.2, 0.25) is 0 Å². The van der Waals surface area contributed by atoms with Crippen molar-refractivity contribution < 1.29 is 98.4 Å². The molecule has 0 aromatic heterocycles. The number of alkyl halides is 15. The fourth-order valence-corrected chi connectivity index (χ4v) is 3.10. The van der Waals surface area contributed by atoms with Crippen molar-refractivity contribution in [2.45, 2.75) is 81.2 Å². The Kier molecular flexibility index (Phi) is 13.5. The van der Waals surface area contributed by atoms with E-state index in [9.17, 15) is 84.2 Å². The molecular formula is C25H23F17N2O5. The summed E-state index contributed by atoms with van der Waals surface area (Å²) in [5, 5.41) is 3.82. The van der Waals surface area contributed by atoms with Crippen molar-refractivity contribution in [3.8, 4) is 5.75 Å². The van der Waals surface area contributed by atoms with Gasteiger partial charge in [0.05, 0.1) is 13.2 Å². The van der Waals surface area contributed by atoms with Gasteiger partial charge in [0.1, 0.15) is 5.75 Å². The maximum atomic E-state index is 14.4. The number of carbonyl (C=O) groups is 2. The number of unbranched alkanes of at least 4 members (excludes halogenated alkanes) is 2. The predicted molar refractivity (Wildman–Crippen MR) is 132 cm³/mol. The maximum Gasteiger partial charge on any atom is 0.460 e. The van der Waals surface area contributed by atoms with Crippen molar-refractivity contribution >= 4 is 23.6 Å². The lowest BCUT2D eigenvalue weighted by atomic mass is 9.91. The standard InChI is InChI=1S/C25H23F17N2O5/c1-3-5-7-47-17(45)43-12-9-13(44-18(46)48-8-6-4-2)11-14(10-12)49-16(27)15(26)19(28,29)20(30,31)21(32,33)22(34,35)23(36,37)24(38,39)25(40,41)42/h9-11H,3-8H2,1-2H3,(H,43,45)(H,44,46). The summed E-state index contributed by atoms with van der Waals surface area (Å²) in [7, 11) is 0. The second kappa shape index (κ2) is 15.3. The smallest absolute Gasteiger partial charge is 0.449 e. The van der Waals surface area contributed by atoms with Crippen molar-refractivity contribution in [3.63, 3.8) is 0 Å². The highest BCUT2D eigenvalue weighted by Crippen LogP contribution is 2.63. The summed E-state index contributed by atoms with van der Waals surface area (Å²) >= 11 is 0. The van der Waals surface area contributed by atoms with Gasteiger partial charge in [-0.1, -0.05) is 26.7 Å². The molecule has 0 atom stereocenters. The van der Waals surface area contributed by atoms with Crippen LogP contribution in [0, 0.1) is 0 Å². The summed E-state index contributed by atoms with van der Waals surface area (Å²) in [4.78, 5) is 23.9. The van der Waals surface area contributed by atoms with Gasteiger partial charge in [0.2, 0.25) is 5.83 Å². The molecule has 0 radical (unpaired) electrons. The van der Waals surface area contributed by atoms with E-state index in [0.29, 0.717) is 37.8 Å². The van der Waals surface area contributed by atoms with Gasteiger partial charge >= 0.3 is 59.9 Å². The van der Waals surface area contributed by atoms with E-state index in [1.807, 2.05) is 10.6 Å². The molecule has 0 unspecified atom stereocenters. The molecule has 0 saturated heterocycles. The van der Waals surface area contributed by atoms with Gasteiger partial charge in [-0.15, -0.1) is 0 Å². The number of allylic oxidation sites excluding steroid dienone is 1. The Morgan fingerprint density at radius 3 is 1.33 bits per heavy atom. The number of benzene rings is 1. The topological polar surface area (TPSA) is 85.9 Å². The molecule has 0 saturated carbocycles. The molecule has 0 aliphatic rings. The molecule has 0 spiro atoms. The van der Waals surface area contributed by atoms with Crippen LogP contribution >= 0.6 is 0 Å². The van der Waals surface area contributed by atoms with E-state index in [1.54, 1.807) is 13.8 Å². The van der Waals surface area contributed by atoms with Crippen LogP contribution in [0.15, 0.2) is 30.0 Å². The Morgan fingerprint density at radius 2 is 0.959 bits per heavy atom. The van der Waals surface area contributed by atoms with Crippen LogP contribution in [0.1, 0.15) is 39.5 Å². The third-order valence-corrected chi connectivity index (χ3v) is 5.84. The van der Waals surface area contributed by atoms with Crippen LogP contribution in [0.3, 0.4) is 0 Å². The molecule has 0 fully saturated rings. The van der Waals surface area contributed by atoms with E-state index < -0.39 is 82.9 Å². The number of halogens is 17. The van der Waals surface area contributed by atoms with Gasteiger partial charge in [-0.25, -0.2) is 9.59 Å². The van der Waals surface area contributed by atoms with Crippen LogP contribution < -0.4 is 15.4 Å². The van der Waals surface area contributed by atoms with Crippen LogP contribution in [-0.4, -0.2) is 67.1 Å². The Morgan fingerprint density at radius 1 is 0.592 bits per heavy atom. The second-order valence-electron chi connectivity index (χ2n) is 9.61. The zero-order valence-electron chi connectivity index (χ0n) is 24.4. The lowest BCUT2D eigenvalue weighted by molar-refractivity contribution is -0.451. The molecule has 2 amide bonds. The third-order valence-electron chi connectivity index (χ3n) is 5.84. The molecule has 24 heteroatoms. The largest absolute Gasteiger partial charge is 0.460 e. The minimum absolute atomic E-state index is 0.192. The quantitative estimate of drug-likeness (QED) is 0.0997. The first-order valence-corrected chi connectivity index (χ1v) is 13.2. The first-order valence-electron chi connectivity index (χ1n) is 13.2. The van der Waals surface area contributed by atoms with E-state index in [1.165, 1.54) is 0 Å². The molecule has 7 nitrogen and oxygen atoms in total. The lowest BCUT2D eigenvalue weighted by Gasteiger charge is -2.41. The summed E-state index contributed by atoms with van der Waals surface area (Å²) in [6, 6.07) is -2.24. The summed E-state index contributed by atoms with van der Waals surface area (Å²) in [6.07, 6.45) is -8.72. The van der Waals surface area contributed by atoms with E-state index in [4.69, 9.17) is 9.47 Å². The number of anilines is 2. The second-order valence-corrected chi connectivity index (χ2v) is 9.61. The number of amides is 2. The Bertz CT molecular complexity index is 1310. The molecular weight excluding hydrogens is 731 g/mol. The Hall–Kier alpha value is -3.89. The van der Waals surface area contributed by atoms with Crippen molar-refractivity contribution in [1.29, 1.82) is 0 Å². The third kappa shape index (κ3) is 8.83. The van der Waals surface area contributed by atoms with Crippen LogP contribution in [0.25, 0.3) is 0 Å². The van der Waals surface area contributed by atoms with E-state index in [-0.39, 0.29) is 13.2 Å². The average molecular weight is 754 g/mol. The highest BCUT2D eigenvalue weighted by atomic mass is 19.4. The molecule has 0 bridgehead atoms. The summed E-state index contributed by atoms with van der Waals surface area (Å²) < 4.78 is 243. The number of rotatable bonds is 16. The number of carbonyl (C=O) groups excluding carboxylic acids is 2. The average Bonchev–Trinajstić information content (AvgIpc) is 2.95. The Labute approximate surface area is 263 Å². The highest BCUT2D eigenvalue weighted by Gasteiger charge is 2.93. The van der Waals surface area contributed by atoms with Gasteiger partial charge in [0.15, 0.2) is 0 Å². The first kappa shape index (κ1) is 43.1. The SMILES string of the molecule is CCCCOC(=O)Nc1cc(NC(=O)OCCCC)cc(OC(F)=C(F)C(F)(F)C(F)(F)C(F)(F)C(F)(F)C(F)(F)C(F)(F)C(F)(F)F)c1. The summed E-state index contributed by atoms with van der Waals surface area (Å²) in [5.41, 5.74) is -1.29. The maximum absolute atomic E-state index is 14.4. The number of hydrogen-bond donors (Lipinski definition) is 2. The van der Waals surface area contributed by atoms with Crippen molar-refractivity contribution in [1.82, 2.24) is 0 Å². The molecule has 0 aliphatic heterocycles. The molecule has 1 rings (SSSR count). The van der Waals surface area contributed by atoms with Crippen molar-refractivity contribution in [2.75, 3.05) is 23.8 Å². The summed E-state index contributed by atoms with van der Waals surface area (Å²) in [5.74, 6) is -56.4. The predicted octanol–water partition coefficient (Wildman–Crippen LogP) is 10.2. The minimum Gasteiger partial charge on any atom is -0.449 e. The van der Waals surface area contributed by atoms with Crippen molar-refractivity contribution in [2.24, 2.45) is 0 Å². The number of ether oxygens (including phenoxy) is 3. The first-order chi connectivity index (χ1) is 22.1. The lowest BCUT2D eigenvalue weighted by Crippen LogP contribution is -2.72. The zero-order chi connectivity index (χ0) is 38.4. The normalized spacial score (nSPS) is 14.2. The molecule has 1 aromatic carbocycles. The molecule has 1 aromatic rings. The minimum atomic E-state index is -8.73. The Balaban J connectivity index is 3.61. The van der Waals surface area contributed by atoms with E-state index >= 15 is 0 Å². The molecule has 282 valence electrons. The van der Waals surface area contributed by atoms with Crippen LogP contribution in [0.5, 0.6) is 5.75 Å². The highest BCUT2D eigenvalue weighted by molar-refractivity contribution is 5.89. The van der Waals surface area contributed by atoms with E-state index in [0.717, 1.165) is 6.07 Å². The number of nitrogens with one attached hydrogen (secondary N) is 2. The van der Waals surface area contributed by atoms with Crippen LogP contribution in [-0.2, 0) is 9.47 Å². The van der Waals surface area contributed by atoms with Gasteiger partial charge in [-0.05, 0) is 18.9 Å². The van der Waals surface area contributed by atoms with Gasteiger partial charge < -0.3 is 14.2 Å². The zero-order valence-corrected chi connectivity index (χ0v) is 24.4. The molecule has 49 heavy (non-hydrogen) atoms. The van der Waals surface area contributed by atoms with E-state index in [2.05, 4.69) is 4.74 Å². The molecule has 2 N–H and O–H groups in total. The summed E-state index contributed by atoms with van der Waals surface area (Å²) in [6.45, 7) is 2.99. The van der Waals surface area contributed by atoms with Gasteiger partial charge in [-0.2, -0.15) is 74.6 Å². The monoisotopic (exact) mass is 754 g/mol. The van der Waals surface area contributed by atoms with Gasteiger partial charge in [0.25, 0.3) is 0 Å². The van der Waals surface area contributed by atoms with Gasteiger partial charge in [-0.3, -0.25) is 10.6 Å². The fraction of sp³-hybridized carbons (Fsp3) is 0.600. The molecule has 0 heterocycles. The number of hydrogen-bond acceptors (Lipinski definition) is 5.